The number of anilines is 1. The molecule has 2 aromatic rings. The van der Waals surface area contributed by atoms with Gasteiger partial charge in [0.15, 0.2) is 5.13 Å². The molecule has 1 heterocycles. The Kier molecular flexibility index (Phi) is 9.43. The van der Waals surface area contributed by atoms with E-state index in [1.54, 1.807) is 0 Å². The van der Waals surface area contributed by atoms with Crippen LogP contribution in [0.3, 0.4) is 0 Å². The highest BCUT2D eigenvalue weighted by atomic mass is 32.1. The number of aryl methyl sites for hydroxylation is 2. The Hall–Kier alpha value is -2.78. The smallest absolute Gasteiger partial charge is 0.242 e. The number of hydrogen-bond acceptors (Lipinski definition) is 6. The van der Waals surface area contributed by atoms with Crippen LogP contribution in [0.4, 0.5) is 5.13 Å². The molecular weight excluding hydrogens is 404 g/mol. The van der Waals surface area contributed by atoms with Gasteiger partial charge in [-0.25, -0.2) is 4.98 Å². The molecule has 0 fully saturated rings. The van der Waals surface area contributed by atoms with Crippen LogP contribution in [-0.2, 0) is 33.6 Å². The van der Waals surface area contributed by atoms with Crippen molar-refractivity contribution in [3.8, 4) is 0 Å². The summed E-state index contributed by atoms with van der Waals surface area (Å²) in [4.78, 5) is 39.1. The molecule has 8 nitrogen and oxygen atoms in total. The van der Waals surface area contributed by atoms with Crippen LogP contribution in [0.15, 0.2) is 29.6 Å². The van der Waals surface area contributed by atoms with Crippen LogP contribution in [-0.4, -0.2) is 33.9 Å². The number of aromatic nitrogens is 1. The lowest BCUT2D eigenvalue weighted by molar-refractivity contribution is -0.129. The van der Waals surface area contributed by atoms with Crippen molar-refractivity contribution in [2.45, 2.75) is 58.5 Å². The predicted molar refractivity (Wildman–Crippen MR) is 116 cm³/mol. The lowest BCUT2D eigenvalue weighted by atomic mass is 10.0. The summed E-state index contributed by atoms with van der Waals surface area (Å²) in [5.74, 6) is -0.874. The van der Waals surface area contributed by atoms with E-state index in [0.717, 1.165) is 36.1 Å². The Morgan fingerprint density at radius 2 is 1.73 bits per heavy atom. The van der Waals surface area contributed by atoms with Crippen molar-refractivity contribution in [1.29, 1.82) is 0 Å². The van der Waals surface area contributed by atoms with Crippen molar-refractivity contribution in [1.82, 2.24) is 15.8 Å². The first-order chi connectivity index (χ1) is 14.4. The Balaban J connectivity index is 1.73. The van der Waals surface area contributed by atoms with Crippen LogP contribution in [0.5, 0.6) is 0 Å². The van der Waals surface area contributed by atoms with Crippen molar-refractivity contribution in [2.24, 2.45) is 0 Å². The molecule has 0 saturated carbocycles. The van der Waals surface area contributed by atoms with Gasteiger partial charge in [-0.05, 0) is 30.4 Å². The van der Waals surface area contributed by atoms with Crippen molar-refractivity contribution < 1.29 is 19.5 Å². The summed E-state index contributed by atoms with van der Waals surface area (Å²) in [6, 6.07) is 7.68. The second kappa shape index (κ2) is 12.0. The second-order valence-electron chi connectivity index (χ2n) is 7.06. The molecular formula is C21H28N4O4S. The summed E-state index contributed by atoms with van der Waals surface area (Å²) >= 11 is 1.40. The zero-order chi connectivity index (χ0) is 21.9. The number of nitrogens with one attached hydrogen (secondary N) is 3. The number of carbonyl (C=O) groups excluding carboxylic acids is 3. The lowest BCUT2D eigenvalue weighted by Gasteiger charge is -2.11. The van der Waals surface area contributed by atoms with Crippen LogP contribution in [0.2, 0.25) is 0 Å². The fourth-order valence-corrected chi connectivity index (χ4v) is 3.59. The van der Waals surface area contributed by atoms with Gasteiger partial charge in [-0.15, -0.1) is 11.3 Å². The molecule has 0 aliphatic rings. The maximum Gasteiger partial charge on any atom is 0.242 e. The number of hydrogen-bond donors (Lipinski definition) is 4. The standard InChI is InChI=1S/C21H28N4O4S/c1-3-4-18(27)12-20(29)25-24-19(28)11-16-7-5-15(6-8-16)9-10-17-13-30-21(23-17)22-14(2)26/h5-8,13,18,27H,3-4,9-12H2,1-2H3,(H,24,28)(H,25,29)(H,22,23,26). The van der Waals surface area contributed by atoms with Gasteiger partial charge in [-0.1, -0.05) is 37.6 Å². The average Bonchev–Trinajstić information content (AvgIpc) is 3.12. The molecule has 0 radical (unpaired) electrons. The van der Waals surface area contributed by atoms with Crippen LogP contribution < -0.4 is 16.2 Å². The van der Waals surface area contributed by atoms with Crippen molar-refractivity contribution >= 4 is 34.2 Å². The Morgan fingerprint density at radius 3 is 2.40 bits per heavy atom. The highest BCUT2D eigenvalue weighted by Gasteiger charge is 2.11. The quantitative estimate of drug-likeness (QED) is 0.429. The first-order valence-corrected chi connectivity index (χ1v) is 10.8. The Labute approximate surface area is 180 Å². The zero-order valence-electron chi connectivity index (χ0n) is 17.2. The molecule has 0 aliphatic heterocycles. The number of carbonyl (C=O) groups is 3. The van der Waals surface area contributed by atoms with Gasteiger partial charge in [0.05, 0.1) is 24.6 Å². The summed E-state index contributed by atoms with van der Waals surface area (Å²) in [6.45, 7) is 3.38. The van der Waals surface area contributed by atoms with E-state index in [1.807, 2.05) is 36.6 Å². The van der Waals surface area contributed by atoms with E-state index in [2.05, 4.69) is 21.2 Å². The van der Waals surface area contributed by atoms with Crippen LogP contribution >= 0.6 is 11.3 Å². The highest BCUT2D eigenvalue weighted by Crippen LogP contribution is 2.17. The topological polar surface area (TPSA) is 120 Å². The average molecular weight is 433 g/mol. The van der Waals surface area contributed by atoms with Gasteiger partial charge >= 0.3 is 0 Å². The number of rotatable bonds is 10. The summed E-state index contributed by atoms with van der Waals surface area (Å²) in [6.07, 6.45) is 2.31. The first-order valence-electron chi connectivity index (χ1n) is 9.91. The van der Waals surface area contributed by atoms with Crippen molar-refractivity contribution in [3.05, 3.63) is 46.5 Å². The van der Waals surface area contributed by atoms with Crippen LogP contribution in [0.1, 0.15) is 49.9 Å². The highest BCUT2D eigenvalue weighted by molar-refractivity contribution is 7.13. The normalized spacial score (nSPS) is 11.6. The number of nitrogens with zero attached hydrogens (tertiary/aromatic N) is 1. The van der Waals surface area contributed by atoms with Gasteiger partial charge in [-0.3, -0.25) is 25.2 Å². The number of aliphatic hydroxyl groups excluding tert-OH is 1. The van der Waals surface area contributed by atoms with E-state index in [4.69, 9.17) is 0 Å². The Bertz CT molecular complexity index is 851. The number of amides is 3. The SMILES string of the molecule is CCCC(O)CC(=O)NNC(=O)Cc1ccc(CCc2csc(NC(C)=O)n2)cc1. The lowest BCUT2D eigenvalue weighted by Crippen LogP contribution is -2.43. The van der Waals surface area contributed by atoms with Gasteiger partial charge in [-0.2, -0.15) is 0 Å². The number of thiazole rings is 1. The Morgan fingerprint density at radius 1 is 1.07 bits per heavy atom. The van der Waals surface area contributed by atoms with E-state index in [9.17, 15) is 19.5 Å². The zero-order valence-corrected chi connectivity index (χ0v) is 18.1. The van der Waals surface area contributed by atoms with Crippen LogP contribution in [0.25, 0.3) is 0 Å². The molecule has 1 aromatic heterocycles. The summed E-state index contributed by atoms with van der Waals surface area (Å²) in [5.41, 5.74) is 7.57. The minimum atomic E-state index is -0.694. The van der Waals surface area contributed by atoms with E-state index in [1.165, 1.54) is 18.3 Å². The maximum atomic E-state index is 12.0. The van der Waals surface area contributed by atoms with Crippen LogP contribution in [0, 0.1) is 0 Å². The van der Waals surface area contributed by atoms with Gasteiger partial charge in [0.2, 0.25) is 17.7 Å². The molecule has 2 rings (SSSR count). The molecule has 162 valence electrons. The van der Waals surface area contributed by atoms with Crippen molar-refractivity contribution in [2.75, 3.05) is 5.32 Å². The number of hydrazine groups is 1. The van der Waals surface area contributed by atoms with E-state index >= 15 is 0 Å². The maximum absolute atomic E-state index is 12.0. The molecule has 3 amide bonds. The predicted octanol–water partition coefficient (Wildman–Crippen LogP) is 2.13. The molecule has 1 aromatic carbocycles. The fraction of sp³-hybridized carbons (Fsp3) is 0.429. The second-order valence-corrected chi connectivity index (χ2v) is 7.92. The molecule has 0 saturated heterocycles. The first kappa shape index (κ1) is 23.5. The number of aliphatic hydroxyl groups is 1. The van der Waals surface area contributed by atoms with E-state index in [0.29, 0.717) is 11.6 Å². The minimum Gasteiger partial charge on any atom is -0.393 e. The van der Waals surface area contributed by atoms with E-state index in [-0.39, 0.29) is 24.7 Å². The molecule has 30 heavy (non-hydrogen) atoms. The third-order valence-electron chi connectivity index (χ3n) is 4.28. The monoisotopic (exact) mass is 432 g/mol. The fourth-order valence-electron chi connectivity index (χ4n) is 2.80. The summed E-state index contributed by atoms with van der Waals surface area (Å²) < 4.78 is 0. The molecule has 1 unspecified atom stereocenters. The molecule has 9 heteroatoms. The molecule has 4 N–H and O–H groups in total. The molecule has 0 aliphatic carbocycles. The van der Waals surface area contributed by atoms with Gasteiger partial charge in [0.25, 0.3) is 0 Å². The van der Waals surface area contributed by atoms with Gasteiger partial charge < -0.3 is 10.4 Å². The van der Waals surface area contributed by atoms with Gasteiger partial charge in [0, 0.05) is 12.3 Å². The third kappa shape index (κ3) is 8.71. The van der Waals surface area contributed by atoms with E-state index < -0.39 is 12.0 Å². The minimum absolute atomic E-state index is 0.0336. The molecule has 0 bridgehead atoms. The summed E-state index contributed by atoms with van der Waals surface area (Å²) in [5, 5.41) is 14.8. The third-order valence-corrected chi connectivity index (χ3v) is 5.08. The molecule has 1 atom stereocenters. The molecule has 0 spiro atoms. The number of benzene rings is 1. The summed E-state index contributed by atoms with van der Waals surface area (Å²) in [7, 11) is 0. The van der Waals surface area contributed by atoms with Gasteiger partial charge in [0.1, 0.15) is 0 Å². The largest absolute Gasteiger partial charge is 0.393 e. The van der Waals surface area contributed by atoms with Crippen molar-refractivity contribution in [3.63, 3.8) is 0 Å².